The lowest BCUT2D eigenvalue weighted by atomic mass is 9.94. The normalized spacial score (nSPS) is 18.2. The molecule has 8 nitrogen and oxygen atoms in total. The number of hydrogen-bond donors (Lipinski definition) is 4. The summed E-state index contributed by atoms with van der Waals surface area (Å²) in [7, 11) is 0. The predicted octanol–water partition coefficient (Wildman–Crippen LogP) is 4.05. The molecular weight excluding hydrogens is 438 g/mol. The number of aromatic nitrogens is 4. The number of β-amino-alcohol motifs (C(OH)–C–C–N with tert-alkyl or cyclic N) is 1. The summed E-state index contributed by atoms with van der Waals surface area (Å²) in [5, 5.41) is 25.8. The van der Waals surface area contributed by atoms with Crippen molar-refractivity contribution >= 4 is 17.3 Å². The molecule has 1 atom stereocenters. The van der Waals surface area contributed by atoms with E-state index in [1.54, 1.807) is 0 Å². The highest BCUT2D eigenvalue weighted by molar-refractivity contribution is 5.63. The second-order valence-corrected chi connectivity index (χ2v) is 9.67. The number of piperidine rings is 1. The summed E-state index contributed by atoms with van der Waals surface area (Å²) in [5.74, 6) is 1.88. The van der Waals surface area contributed by atoms with E-state index in [9.17, 15) is 5.11 Å². The Balaban J connectivity index is 1.35. The average Bonchev–Trinajstić information content (AvgIpc) is 3.32. The van der Waals surface area contributed by atoms with Crippen molar-refractivity contribution in [3.63, 3.8) is 0 Å². The molecule has 0 saturated carbocycles. The third-order valence-corrected chi connectivity index (χ3v) is 6.53. The topological polar surface area (TPSA) is 99.4 Å². The van der Waals surface area contributed by atoms with Crippen molar-refractivity contribution in [2.75, 3.05) is 30.3 Å². The van der Waals surface area contributed by atoms with E-state index in [1.165, 1.54) is 5.56 Å². The number of fused-ring (bicyclic) bond motifs is 1. The van der Waals surface area contributed by atoms with Crippen molar-refractivity contribution in [1.29, 1.82) is 0 Å². The molecule has 1 saturated heterocycles. The number of benzene rings is 1. The van der Waals surface area contributed by atoms with Gasteiger partial charge in [-0.2, -0.15) is 9.61 Å². The predicted molar refractivity (Wildman–Crippen MR) is 140 cm³/mol. The lowest BCUT2D eigenvalue weighted by Crippen LogP contribution is -2.50. The van der Waals surface area contributed by atoms with Crippen LogP contribution in [0, 0.1) is 0 Å². The molecule has 3 aromatic heterocycles. The van der Waals surface area contributed by atoms with Gasteiger partial charge in [0, 0.05) is 44.2 Å². The van der Waals surface area contributed by atoms with Crippen LogP contribution in [0.15, 0.2) is 60.9 Å². The molecule has 1 aliphatic heterocycles. The van der Waals surface area contributed by atoms with Crippen LogP contribution >= 0.6 is 0 Å². The molecule has 1 aromatic carbocycles. The van der Waals surface area contributed by atoms with Crippen molar-refractivity contribution < 1.29 is 5.11 Å². The maximum Gasteiger partial charge on any atom is 0.160 e. The second kappa shape index (κ2) is 10.0. The van der Waals surface area contributed by atoms with Gasteiger partial charge in [0.15, 0.2) is 5.65 Å². The first kappa shape index (κ1) is 23.3. The van der Waals surface area contributed by atoms with E-state index in [1.807, 2.05) is 41.2 Å². The fourth-order valence-electron chi connectivity index (χ4n) is 4.40. The Labute approximate surface area is 205 Å². The number of anilines is 2. The first-order valence-corrected chi connectivity index (χ1v) is 12.3. The molecule has 4 aromatic rings. The molecule has 0 aliphatic carbocycles. The van der Waals surface area contributed by atoms with Gasteiger partial charge in [0.25, 0.3) is 0 Å². The third kappa shape index (κ3) is 5.44. The second-order valence-electron chi connectivity index (χ2n) is 9.67. The van der Waals surface area contributed by atoms with Crippen molar-refractivity contribution in [2.45, 2.75) is 44.8 Å². The molecule has 8 heteroatoms. The fourth-order valence-corrected chi connectivity index (χ4v) is 4.40. The Morgan fingerprint density at radius 3 is 2.54 bits per heavy atom. The maximum atomic E-state index is 10.9. The minimum atomic E-state index is -0.764. The number of nitrogens with zero attached hydrogens (tertiary/aromatic N) is 4. The maximum absolute atomic E-state index is 10.9. The Hall–Kier alpha value is -3.49. The van der Waals surface area contributed by atoms with E-state index in [4.69, 9.17) is 10.1 Å². The van der Waals surface area contributed by atoms with Gasteiger partial charge in [-0.05, 0) is 54.1 Å². The van der Waals surface area contributed by atoms with Gasteiger partial charge in [0.1, 0.15) is 11.6 Å². The Morgan fingerprint density at radius 1 is 1.06 bits per heavy atom. The number of hydrogen-bond acceptors (Lipinski definition) is 7. The van der Waals surface area contributed by atoms with E-state index < -0.39 is 5.60 Å². The molecular formula is C27H33N7O. The van der Waals surface area contributed by atoms with Crippen molar-refractivity contribution in [3.8, 4) is 11.1 Å². The highest BCUT2D eigenvalue weighted by atomic mass is 16.3. The van der Waals surface area contributed by atoms with Gasteiger partial charge in [0.2, 0.25) is 0 Å². The third-order valence-electron chi connectivity index (χ3n) is 6.53. The van der Waals surface area contributed by atoms with E-state index in [-0.39, 0.29) is 0 Å². The van der Waals surface area contributed by atoms with E-state index in [2.05, 4.69) is 59.0 Å². The summed E-state index contributed by atoms with van der Waals surface area (Å²) in [6, 6.07) is 16.6. The van der Waals surface area contributed by atoms with E-state index >= 15 is 0 Å². The molecule has 1 unspecified atom stereocenters. The first-order valence-electron chi connectivity index (χ1n) is 12.3. The molecule has 0 radical (unpaired) electrons. The standard InChI is InChI=1S/C27H33N7O/c1-19(2)23-14-26-32-24(31-18-27(35)10-3-11-29-17-27)15-25(34(26)33-23)30-16-20-4-6-21(7-5-20)22-8-12-28-13-9-22/h4-9,12-15,19,29-30,35H,3,10-11,16-18H2,1-2H3,(H,31,32). The highest BCUT2D eigenvalue weighted by Gasteiger charge is 2.29. The Morgan fingerprint density at radius 2 is 1.83 bits per heavy atom. The Kier molecular flexibility index (Phi) is 6.66. The average molecular weight is 472 g/mol. The largest absolute Gasteiger partial charge is 0.387 e. The fraction of sp³-hybridized carbons (Fsp3) is 0.370. The van der Waals surface area contributed by atoms with Crippen LogP contribution in [0.3, 0.4) is 0 Å². The summed E-state index contributed by atoms with van der Waals surface area (Å²) in [6.07, 6.45) is 5.37. The molecule has 182 valence electrons. The van der Waals surface area contributed by atoms with Crippen LogP contribution in [0.2, 0.25) is 0 Å². The van der Waals surface area contributed by atoms with Crippen molar-refractivity contribution in [1.82, 2.24) is 24.9 Å². The van der Waals surface area contributed by atoms with Gasteiger partial charge in [0.05, 0.1) is 11.3 Å². The van der Waals surface area contributed by atoms with Gasteiger partial charge in [-0.15, -0.1) is 0 Å². The van der Waals surface area contributed by atoms with Crippen molar-refractivity contribution in [3.05, 3.63) is 72.2 Å². The zero-order chi connectivity index (χ0) is 24.3. The van der Waals surface area contributed by atoms with Crippen LogP contribution in [-0.2, 0) is 6.54 Å². The minimum Gasteiger partial charge on any atom is -0.387 e. The molecule has 35 heavy (non-hydrogen) atoms. The molecule has 4 N–H and O–H groups in total. The lowest BCUT2D eigenvalue weighted by Gasteiger charge is -2.32. The van der Waals surface area contributed by atoms with E-state index in [0.29, 0.717) is 25.6 Å². The smallest absolute Gasteiger partial charge is 0.160 e. The van der Waals surface area contributed by atoms with Crippen LogP contribution in [-0.4, -0.2) is 49.9 Å². The molecule has 1 fully saturated rings. The van der Waals surface area contributed by atoms with E-state index in [0.717, 1.165) is 53.5 Å². The van der Waals surface area contributed by atoms with Crippen LogP contribution in [0.1, 0.15) is 43.9 Å². The molecule has 0 spiro atoms. The zero-order valence-electron chi connectivity index (χ0n) is 20.3. The summed E-state index contributed by atoms with van der Waals surface area (Å²) >= 11 is 0. The van der Waals surface area contributed by atoms with Gasteiger partial charge in [-0.1, -0.05) is 38.1 Å². The van der Waals surface area contributed by atoms with Crippen LogP contribution in [0.25, 0.3) is 16.8 Å². The Bertz CT molecular complexity index is 1260. The lowest BCUT2D eigenvalue weighted by molar-refractivity contribution is 0.0291. The number of pyridine rings is 1. The van der Waals surface area contributed by atoms with Crippen LogP contribution in [0.4, 0.5) is 11.6 Å². The van der Waals surface area contributed by atoms with Gasteiger partial charge in [-0.3, -0.25) is 4.98 Å². The van der Waals surface area contributed by atoms with Crippen molar-refractivity contribution in [2.24, 2.45) is 0 Å². The van der Waals surface area contributed by atoms with Crippen LogP contribution < -0.4 is 16.0 Å². The molecule has 0 amide bonds. The quantitative estimate of drug-likeness (QED) is 0.308. The summed E-state index contributed by atoms with van der Waals surface area (Å²) < 4.78 is 1.86. The molecule has 0 bridgehead atoms. The first-order chi connectivity index (χ1) is 17.0. The summed E-state index contributed by atoms with van der Waals surface area (Å²) in [6.45, 7) is 6.91. The van der Waals surface area contributed by atoms with Gasteiger partial charge < -0.3 is 21.1 Å². The molecule has 5 rings (SSSR count). The summed E-state index contributed by atoms with van der Waals surface area (Å²) in [4.78, 5) is 8.86. The number of nitrogens with one attached hydrogen (secondary N) is 3. The zero-order valence-corrected chi connectivity index (χ0v) is 20.3. The highest BCUT2D eigenvalue weighted by Crippen LogP contribution is 2.24. The van der Waals surface area contributed by atoms with Gasteiger partial charge >= 0.3 is 0 Å². The minimum absolute atomic E-state index is 0.302. The molecule has 1 aliphatic rings. The monoisotopic (exact) mass is 471 g/mol. The van der Waals surface area contributed by atoms with Gasteiger partial charge in [-0.25, -0.2) is 4.98 Å². The van der Waals surface area contributed by atoms with Crippen LogP contribution in [0.5, 0.6) is 0 Å². The SMILES string of the molecule is CC(C)c1cc2nc(NCC3(O)CCCNC3)cc(NCc3ccc(-c4ccncc4)cc3)n2n1. The number of aliphatic hydroxyl groups is 1. The summed E-state index contributed by atoms with van der Waals surface area (Å²) in [5.41, 5.74) is 4.49. The number of rotatable bonds is 8. The molecule has 4 heterocycles.